The Hall–Kier alpha value is -3.83. The fourth-order valence-corrected chi connectivity index (χ4v) is 7.30. The smallest absolute Gasteiger partial charge is 0.250 e. The fourth-order valence-electron chi connectivity index (χ4n) is 6.42. The van der Waals surface area contributed by atoms with Crippen LogP contribution in [0.2, 0.25) is 0 Å². The largest absolute Gasteiger partial charge is 0.367 e. The maximum atomic E-state index is 13.3. The molecule has 3 aromatic heterocycles. The van der Waals surface area contributed by atoms with E-state index in [-0.39, 0.29) is 11.9 Å². The molecule has 0 spiro atoms. The number of aromatic nitrogens is 3. The monoisotopic (exact) mass is 633 g/mol. The molecule has 1 amide bonds. The van der Waals surface area contributed by atoms with Gasteiger partial charge in [0.1, 0.15) is 35.2 Å². The number of carbonyl (C=O) groups excluding carboxylic acids is 1. The van der Waals surface area contributed by atoms with Crippen LogP contribution in [-0.4, -0.2) is 95.8 Å². The number of anilines is 2. The molecule has 0 bridgehead atoms. The summed E-state index contributed by atoms with van der Waals surface area (Å²) < 4.78 is 21.1. The molecule has 238 valence electrons. The zero-order valence-electron chi connectivity index (χ0n) is 26.0. The van der Waals surface area contributed by atoms with Crippen molar-refractivity contribution in [1.29, 1.82) is 5.26 Å². The second kappa shape index (κ2) is 13.7. The second-order valence-electron chi connectivity index (χ2n) is 11.8. The highest BCUT2D eigenvalue weighted by Crippen LogP contribution is 2.32. The van der Waals surface area contributed by atoms with Crippen LogP contribution in [0.15, 0.2) is 24.3 Å². The average molecular weight is 634 g/mol. The highest BCUT2D eigenvalue weighted by Gasteiger charge is 2.26. The molecule has 1 atom stereocenters. The molecule has 1 unspecified atom stereocenters. The predicted molar refractivity (Wildman–Crippen MR) is 175 cm³/mol. The third kappa shape index (κ3) is 6.60. The minimum absolute atomic E-state index is 0.102. The van der Waals surface area contributed by atoms with Gasteiger partial charge in [-0.3, -0.25) is 14.6 Å². The minimum atomic E-state index is -0.503. The van der Waals surface area contributed by atoms with Gasteiger partial charge >= 0.3 is 0 Å². The van der Waals surface area contributed by atoms with Crippen LogP contribution in [-0.2, 0) is 29.3 Å². The van der Waals surface area contributed by atoms with Crippen molar-refractivity contribution in [3.05, 3.63) is 46.0 Å². The number of carbonyl (C=O) groups is 1. The first-order valence-corrected chi connectivity index (χ1v) is 16.3. The van der Waals surface area contributed by atoms with Crippen LogP contribution < -0.4 is 16.0 Å². The molecule has 4 aromatic rings. The van der Waals surface area contributed by atoms with E-state index in [2.05, 4.69) is 65.4 Å². The summed E-state index contributed by atoms with van der Waals surface area (Å²) in [4.78, 5) is 27.4. The quantitative estimate of drug-likeness (QED) is 0.239. The molecule has 11 nitrogen and oxygen atoms in total. The summed E-state index contributed by atoms with van der Waals surface area (Å²) in [5.41, 5.74) is 4.19. The van der Waals surface area contributed by atoms with Gasteiger partial charge < -0.3 is 25.3 Å². The molecule has 2 fully saturated rings. The number of nitriles is 1. The Morgan fingerprint density at radius 3 is 2.69 bits per heavy atom. The first-order valence-electron chi connectivity index (χ1n) is 15.5. The van der Waals surface area contributed by atoms with Crippen molar-refractivity contribution in [2.45, 2.75) is 51.7 Å². The van der Waals surface area contributed by atoms with Gasteiger partial charge in [-0.15, -0.1) is 11.3 Å². The molecule has 3 N–H and O–H groups in total. The molecule has 2 aliphatic rings. The molecule has 6 rings (SSSR count). The van der Waals surface area contributed by atoms with Gasteiger partial charge in [0.15, 0.2) is 0 Å². The molecule has 0 saturated carbocycles. The first kappa shape index (κ1) is 31.2. The van der Waals surface area contributed by atoms with Gasteiger partial charge in [-0.05, 0) is 49.1 Å². The number of ether oxygens (including phenoxy) is 1. The van der Waals surface area contributed by atoms with Gasteiger partial charge in [0.2, 0.25) is 11.9 Å². The summed E-state index contributed by atoms with van der Waals surface area (Å²) >= 11 is 1.37. The van der Waals surface area contributed by atoms with Gasteiger partial charge in [-0.25, -0.2) is 9.37 Å². The molecule has 2 aliphatic heterocycles. The Morgan fingerprint density at radius 2 is 1.96 bits per heavy atom. The standard InChI is InChI=1S/C32H40FN9O2S/c1-20-21(4-5-27-25(20)14-23(17-34)42(27)11-10-41-12-13-44-28(19-41)30(43)35-2)18-40-8-6-22(7-9-40)37-29-26-15-24(16-33)45-31(26)39-32(36-3)38-29/h4-5,14-15,22,28H,6-13,16,18-19H2,1-3H3,(H,35,43)(H2,36,37,38,39). The number of aryl methyl sites for hydroxylation is 1. The summed E-state index contributed by atoms with van der Waals surface area (Å²) in [6.45, 7) is 7.62. The summed E-state index contributed by atoms with van der Waals surface area (Å²) in [5.74, 6) is 1.19. The third-order valence-corrected chi connectivity index (χ3v) is 10.0. The lowest BCUT2D eigenvalue weighted by Gasteiger charge is -2.33. The number of benzene rings is 1. The summed E-state index contributed by atoms with van der Waals surface area (Å²) in [6.07, 6.45) is 1.48. The number of likely N-dealkylation sites (N-methyl/N-ethyl adjacent to an activating group) is 1. The number of amides is 1. The summed E-state index contributed by atoms with van der Waals surface area (Å²) in [6, 6.07) is 10.9. The van der Waals surface area contributed by atoms with Gasteiger partial charge in [-0.2, -0.15) is 10.2 Å². The normalized spacial score (nSPS) is 18.3. The minimum Gasteiger partial charge on any atom is -0.367 e. The lowest BCUT2D eigenvalue weighted by Crippen LogP contribution is -2.49. The van der Waals surface area contributed by atoms with Crippen molar-refractivity contribution in [2.24, 2.45) is 0 Å². The van der Waals surface area contributed by atoms with Gasteiger partial charge in [0, 0.05) is 81.7 Å². The number of thiophene rings is 1. The van der Waals surface area contributed by atoms with Crippen molar-refractivity contribution < 1.29 is 13.9 Å². The number of nitrogens with one attached hydrogen (secondary N) is 3. The van der Waals surface area contributed by atoms with Crippen LogP contribution >= 0.6 is 11.3 Å². The highest BCUT2D eigenvalue weighted by atomic mass is 32.1. The van der Waals surface area contributed by atoms with Crippen LogP contribution in [0.1, 0.15) is 34.5 Å². The number of nitrogens with zero attached hydrogens (tertiary/aromatic N) is 6. The van der Waals surface area contributed by atoms with E-state index in [0.29, 0.717) is 36.2 Å². The van der Waals surface area contributed by atoms with Crippen LogP contribution in [0, 0.1) is 18.3 Å². The molecular formula is C32H40FN9O2S. The molecule has 2 saturated heterocycles. The number of hydrogen-bond donors (Lipinski definition) is 3. The highest BCUT2D eigenvalue weighted by molar-refractivity contribution is 7.18. The number of morpholine rings is 1. The molecule has 5 heterocycles. The van der Waals surface area contributed by atoms with E-state index in [1.165, 1.54) is 22.5 Å². The average Bonchev–Trinajstić information content (AvgIpc) is 3.67. The Bertz CT molecular complexity index is 1720. The van der Waals surface area contributed by atoms with Crippen LogP contribution in [0.4, 0.5) is 16.2 Å². The molecule has 1 aromatic carbocycles. The summed E-state index contributed by atoms with van der Waals surface area (Å²) in [5, 5.41) is 21.3. The van der Waals surface area contributed by atoms with E-state index in [0.717, 1.165) is 72.5 Å². The Morgan fingerprint density at radius 1 is 1.13 bits per heavy atom. The van der Waals surface area contributed by atoms with E-state index in [9.17, 15) is 14.4 Å². The summed E-state index contributed by atoms with van der Waals surface area (Å²) in [7, 11) is 3.42. The van der Waals surface area contributed by atoms with Crippen molar-refractivity contribution >= 4 is 50.1 Å². The van der Waals surface area contributed by atoms with Gasteiger partial charge in [0.25, 0.3) is 0 Å². The number of hydrogen-bond acceptors (Lipinski definition) is 10. The Labute approximate surface area is 266 Å². The van der Waals surface area contributed by atoms with Gasteiger partial charge in [-0.1, -0.05) is 6.07 Å². The zero-order valence-corrected chi connectivity index (χ0v) is 26.8. The van der Waals surface area contributed by atoms with E-state index in [1.54, 1.807) is 14.1 Å². The predicted octanol–water partition coefficient (Wildman–Crippen LogP) is 3.86. The number of piperidine rings is 1. The number of likely N-dealkylation sites (tertiary alicyclic amines) is 1. The molecule has 0 radical (unpaired) electrons. The number of fused-ring (bicyclic) bond motifs is 2. The molecular weight excluding hydrogens is 593 g/mol. The maximum Gasteiger partial charge on any atom is 0.250 e. The number of alkyl halides is 1. The van der Waals surface area contributed by atoms with E-state index in [4.69, 9.17) is 4.74 Å². The van der Waals surface area contributed by atoms with E-state index in [1.807, 2.05) is 12.1 Å². The van der Waals surface area contributed by atoms with Crippen molar-refractivity contribution in [3.63, 3.8) is 0 Å². The molecule has 13 heteroatoms. The molecule has 0 aliphatic carbocycles. The van der Waals surface area contributed by atoms with Crippen LogP contribution in [0.5, 0.6) is 0 Å². The number of rotatable bonds is 10. The Balaban J connectivity index is 1.09. The van der Waals surface area contributed by atoms with Crippen LogP contribution in [0.3, 0.4) is 0 Å². The van der Waals surface area contributed by atoms with E-state index >= 15 is 0 Å². The number of halogens is 1. The van der Waals surface area contributed by atoms with Crippen molar-refractivity contribution in [3.8, 4) is 6.07 Å². The lowest BCUT2D eigenvalue weighted by molar-refractivity contribution is -0.138. The third-order valence-electron chi connectivity index (χ3n) is 9.03. The topological polar surface area (TPSA) is 123 Å². The first-order chi connectivity index (χ1) is 21.9. The molecule has 45 heavy (non-hydrogen) atoms. The van der Waals surface area contributed by atoms with Crippen molar-refractivity contribution in [2.75, 3.05) is 64.1 Å². The SMILES string of the molecule is CNC(=O)C1CN(CCn2c(C#N)cc3c(C)c(CN4CCC(Nc5nc(NC)nc6sc(CF)cc56)CC4)ccc32)CCO1. The van der Waals surface area contributed by atoms with Gasteiger partial charge in [0.05, 0.1) is 12.0 Å². The maximum absolute atomic E-state index is 13.3. The van der Waals surface area contributed by atoms with Crippen molar-refractivity contribution in [1.82, 2.24) is 29.7 Å². The van der Waals surface area contributed by atoms with Crippen LogP contribution in [0.25, 0.3) is 21.1 Å². The lowest BCUT2D eigenvalue weighted by atomic mass is 10.0. The zero-order chi connectivity index (χ0) is 31.5. The second-order valence-corrected chi connectivity index (χ2v) is 12.9. The fraction of sp³-hybridized carbons (Fsp3) is 0.500. The van der Waals surface area contributed by atoms with E-state index < -0.39 is 12.8 Å². The Kier molecular flexibility index (Phi) is 9.46.